The lowest BCUT2D eigenvalue weighted by molar-refractivity contribution is -0.111. The van der Waals surface area contributed by atoms with Crippen molar-refractivity contribution in [1.29, 1.82) is 0 Å². The first-order chi connectivity index (χ1) is 14.5. The first-order valence-electron chi connectivity index (χ1n) is 10.8. The number of aldehydes is 1. The van der Waals surface area contributed by atoms with Gasteiger partial charge in [-0.05, 0) is 39.7 Å². The summed E-state index contributed by atoms with van der Waals surface area (Å²) in [6.45, 7) is 6.36. The summed E-state index contributed by atoms with van der Waals surface area (Å²) in [5, 5.41) is 10.7. The molecule has 0 bridgehead atoms. The molecule has 10 nitrogen and oxygen atoms in total. The van der Waals surface area contributed by atoms with Gasteiger partial charge in [0.15, 0.2) is 5.82 Å². The van der Waals surface area contributed by atoms with Gasteiger partial charge in [-0.3, -0.25) is 5.10 Å². The highest BCUT2D eigenvalue weighted by Gasteiger charge is 2.38. The van der Waals surface area contributed by atoms with E-state index in [1.807, 2.05) is 17.9 Å². The van der Waals surface area contributed by atoms with Crippen molar-refractivity contribution in [2.75, 3.05) is 54.9 Å². The SMILES string of the molecule is CN1CCN(c2nc(Nc3cc(C4CC4)[nH]n3)nc(N3CCC[C@@]3(C)C=O)n2)CC1. The highest BCUT2D eigenvalue weighted by atomic mass is 16.1. The number of nitrogens with one attached hydrogen (secondary N) is 2. The van der Waals surface area contributed by atoms with Gasteiger partial charge < -0.3 is 24.8 Å². The van der Waals surface area contributed by atoms with Crippen LogP contribution in [-0.4, -0.2) is 81.6 Å². The van der Waals surface area contributed by atoms with Crippen LogP contribution in [0.2, 0.25) is 0 Å². The fourth-order valence-corrected chi connectivity index (χ4v) is 4.23. The number of anilines is 4. The van der Waals surface area contributed by atoms with E-state index in [1.165, 1.54) is 12.8 Å². The first kappa shape index (κ1) is 19.2. The molecule has 2 N–H and O–H groups in total. The van der Waals surface area contributed by atoms with E-state index in [0.717, 1.165) is 57.5 Å². The van der Waals surface area contributed by atoms with Crippen LogP contribution < -0.4 is 15.1 Å². The molecule has 3 aliphatic rings. The monoisotopic (exact) mass is 411 g/mol. The van der Waals surface area contributed by atoms with E-state index in [1.54, 1.807) is 0 Å². The van der Waals surface area contributed by atoms with Gasteiger partial charge in [-0.1, -0.05) is 0 Å². The number of H-pyrrole nitrogens is 1. The standard InChI is InChI=1S/C20H29N9O/c1-20(13-30)6-3-7-29(20)19-23-17(21-16-12-15(25-26-16)14-4-5-14)22-18(24-19)28-10-8-27(2)9-11-28/h12-14H,3-11H2,1-2H3,(H2,21,22,23,24,25,26)/t20-/m0/s1. The number of likely N-dealkylation sites (N-methyl/N-ethyl adjacent to an activating group) is 1. The van der Waals surface area contributed by atoms with Crippen LogP contribution in [0.3, 0.4) is 0 Å². The van der Waals surface area contributed by atoms with Crippen molar-refractivity contribution in [2.24, 2.45) is 0 Å². The van der Waals surface area contributed by atoms with E-state index >= 15 is 0 Å². The molecule has 4 heterocycles. The van der Waals surface area contributed by atoms with Crippen molar-refractivity contribution in [1.82, 2.24) is 30.0 Å². The summed E-state index contributed by atoms with van der Waals surface area (Å²) in [6.07, 6.45) is 5.19. The zero-order chi connectivity index (χ0) is 20.7. The quantitative estimate of drug-likeness (QED) is 0.684. The van der Waals surface area contributed by atoms with Crippen molar-refractivity contribution in [3.8, 4) is 0 Å². The average Bonchev–Trinajstić information content (AvgIpc) is 3.37. The summed E-state index contributed by atoms with van der Waals surface area (Å²) in [6, 6.07) is 2.03. The van der Waals surface area contributed by atoms with Crippen LogP contribution in [-0.2, 0) is 4.79 Å². The number of carbonyl (C=O) groups is 1. The smallest absolute Gasteiger partial charge is 0.235 e. The van der Waals surface area contributed by atoms with Crippen LogP contribution in [0.4, 0.5) is 23.7 Å². The van der Waals surface area contributed by atoms with Crippen molar-refractivity contribution < 1.29 is 4.79 Å². The fraction of sp³-hybridized carbons (Fsp3) is 0.650. The van der Waals surface area contributed by atoms with Crippen LogP contribution in [0.15, 0.2) is 6.07 Å². The lowest BCUT2D eigenvalue weighted by atomic mass is 10.0. The fourth-order valence-electron chi connectivity index (χ4n) is 4.23. The minimum Gasteiger partial charge on any atom is -0.338 e. The molecule has 5 rings (SSSR count). The Labute approximate surface area is 176 Å². The highest BCUT2D eigenvalue weighted by molar-refractivity contribution is 5.71. The third kappa shape index (κ3) is 3.71. The van der Waals surface area contributed by atoms with Gasteiger partial charge in [0.1, 0.15) is 6.29 Å². The number of piperazine rings is 1. The number of carbonyl (C=O) groups excluding carboxylic acids is 1. The number of aromatic amines is 1. The summed E-state index contributed by atoms with van der Waals surface area (Å²) >= 11 is 0. The molecule has 10 heteroatoms. The molecule has 160 valence electrons. The van der Waals surface area contributed by atoms with Crippen LogP contribution in [0.5, 0.6) is 0 Å². The molecule has 2 saturated heterocycles. The first-order valence-corrected chi connectivity index (χ1v) is 10.8. The average molecular weight is 412 g/mol. The summed E-state index contributed by atoms with van der Waals surface area (Å²) < 4.78 is 0. The van der Waals surface area contributed by atoms with Crippen molar-refractivity contribution in [3.63, 3.8) is 0 Å². The molecule has 0 aromatic carbocycles. The Morgan fingerprint density at radius 3 is 2.63 bits per heavy atom. The Balaban J connectivity index is 1.46. The van der Waals surface area contributed by atoms with E-state index in [4.69, 9.17) is 9.97 Å². The molecular weight excluding hydrogens is 382 g/mol. The maximum Gasteiger partial charge on any atom is 0.235 e. The predicted molar refractivity (Wildman–Crippen MR) is 114 cm³/mol. The van der Waals surface area contributed by atoms with Gasteiger partial charge in [0, 0.05) is 50.4 Å². The summed E-state index contributed by atoms with van der Waals surface area (Å²) in [7, 11) is 2.12. The zero-order valence-electron chi connectivity index (χ0n) is 17.6. The molecule has 0 amide bonds. The largest absolute Gasteiger partial charge is 0.338 e. The lowest BCUT2D eigenvalue weighted by Gasteiger charge is -2.34. The minimum atomic E-state index is -0.580. The number of hydrogen-bond acceptors (Lipinski definition) is 9. The van der Waals surface area contributed by atoms with Crippen LogP contribution in [0.1, 0.15) is 44.2 Å². The molecule has 2 aromatic rings. The summed E-state index contributed by atoms with van der Waals surface area (Å²) in [4.78, 5) is 32.5. The van der Waals surface area contributed by atoms with E-state index in [2.05, 4.69) is 37.3 Å². The molecule has 0 spiro atoms. The molecule has 1 atom stereocenters. The topological polar surface area (TPSA) is 106 Å². The second kappa shape index (κ2) is 7.50. The van der Waals surface area contributed by atoms with E-state index in [0.29, 0.717) is 29.6 Å². The molecule has 2 aromatic heterocycles. The molecular formula is C20H29N9O. The second-order valence-electron chi connectivity index (χ2n) is 8.89. The number of rotatable bonds is 6. The maximum atomic E-state index is 11.8. The van der Waals surface area contributed by atoms with Gasteiger partial charge in [0.05, 0.1) is 5.54 Å². The summed E-state index contributed by atoms with van der Waals surface area (Å²) in [5.41, 5.74) is 0.572. The normalized spacial score (nSPS) is 25.0. The molecule has 3 fully saturated rings. The van der Waals surface area contributed by atoms with E-state index in [-0.39, 0.29) is 0 Å². The van der Waals surface area contributed by atoms with Gasteiger partial charge >= 0.3 is 0 Å². The van der Waals surface area contributed by atoms with Gasteiger partial charge in [-0.25, -0.2) is 0 Å². The van der Waals surface area contributed by atoms with Gasteiger partial charge in [0.25, 0.3) is 0 Å². The molecule has 0 unspecified atom stereocenters. The molecule has 1 aliphatic carbocycles. The number of nitrogens with zero attached hydrogens (tertiary/aromatic N) is 7. The Morgan fingerprint density at radius 1 is 1.13 bits per heavy atom. The molecule has 1 saturated carbocycles. The second-order valence-corrected chi connectivity index (χ2v) is 8.89. The van der Waals surface area contributed by atoms with Crippen LogP contribution >= 0.6 is 0 Å². The Kier molecular flexibility index (Phi) is 4.80. The minimum absolute atomic E-state index is 0.461. The van der Waals surface area contributed by atoms with Crippen LogP contribution in [0, 0.1) is 0 Å². The van der Waals surface area contributed by atoms with Crippen molar-refractivity contribution >= 4 is 29.9 Å². The Morgan fingerprint density at radius 2 is 1.90 bits per heavy atom. The summed E-state index contributed by atoms with van der Waals surface area (Å²) in [5.74, 6) is 2.96. The number of aromatic nitrogens is 5. The molecule has 30 heavy (non-hydrogen) atoms. The molecule has 0 radical (unpaired) electrons. The van der Waals surface area contributed by atoms with Gasteiger partial charge in [-0.2, -0.15) is 20.1 Å². The van der Waals surface area contributed by atoms with Crippen LogP contribution in [0.25, 0.3) is 0 Å². The Hall–Kier alpha value is -2.75. The van der Waals surface area contributed by atoms with Gasteiger partial charge in [0.2, 0.25) is 17.8 Å². The maximum absolute atomic E-state index is 11.8. The van der Waals surface area contributed by atoms with E-state index in [9.17, 15) is 4.79 Å². The third-order valence-electron chi connectivity index (χ3n) is 6.43. The predicted octanol–water partition coefficient (Wildman–Crippen LogP) is 1.53. The van der Waals surface area contributed by atoms with E-state index < -0.39 is 5.54 Å². The Bertz CT molecular complexity index is 919. The van der Waals surface area contributed by atoms with Crippen molar-refractivity contribution in [2.45, 2.75) is 44.1 Å². The third-order valence-corrected chi connectivity index (χ3v) is 6.43. The zero-order valence-corrected chi connectivity index (χ0v) is 17.6. The molecule has 2 aliphatic heterocycles. The van der Waals surface area contributed by atoms with Gasteiger partial charge in [-0.15, -0.1) is 0 Å². The number of hydrogen-bond donors (Lipinski definition) is 2. The lowest BCUT2D eigenvalue weighted by Crippen LogP contribution is -2.46. The van der Waals surface area contributed by atoms with Crippen molar-refractivity contribution in [3.05, 3.63) is 11.8 Å². The highest BCUT2D eigenvalue weighted by Crippen LogP contribution is 2.39.